The van der Waals surface area contributed by atoms with Crippen LogP contribution in [0.15, 0.2) is 42.6 Å². The van der Waals surface area contributed by atoms with Gasteiger partial charge in [0, 0.05) is 22.1 Å². The molecule has 2 aromatic heterocycles. The van der Waals surface area contributed by atoms with Crippen molar-refractivity contribution in [3.05, 3.63) is 51.8 Å². The molecule has 0 atom stereocenters. The summed E-state index contributed by atoms with van der Waals surface area (Å²) in [5.41, 5.74) is 7.92. The molecular formula is C13H11ClN2S. The molecule has 0 fully saturated rings. The molecule has 0 radical (unpaired) electrons. The lowest BCUT2D eigenvalue weighted by Gasteiger charge is -2.03. The van der Waals surface area contributed by atoms with Crippen LogP contribution in [-0.4, -0.2) is 4.57 Å². The number of thiophene rings is 1. The first kappa shape index (κ1) is 10.7. The molecule has 0 saturated carbocycles. The Hall–Kier alpha value is -1.45. The van der Waals surface area contributed by atoms with Crippen molar-refractivity contribution in [1.29, 1.82) is 0 Å². The van der Waals surface area contributed by atoms with Gasteiger partial charge in [-0.2, -0.15) is 0 Å². The maximum absolute atomic E-state index is 5.94. The van der Waals surface area contributed by atoms with E-state index in [1.807, 2.05) is 18.2 Å². The highest BCUT2D eigenvalue weighted by molar-refractivity contribution is 7.16. The van der Waals surface area contributed by atoms with E-state index in [2.05, 4.69) is 29.0 Å². The lowest BCUT2D eigenvalue weighted by atomic mass is 10.2. The number of rotatable bonds is 2. The van der Waals surface area contributed by atoms with Crippen molar-refractivity contribution in [2.75, 3.05) is 5.73 Å². The zero-order valence-corrected chi connectivity index (χ0v) is 10.6. The van der Waals surface area contributed by atoms with E-state index in [4.69, 9.17) is 17.3 Å². The molecule has 3 aromatic rings. The highest BCUT2D eigenvalue weighted by Crippen LogP contribution is 2.26. The standard InChI is InChI=1S/C13H11ClN2S/c14-13-5-4-9(17-13)8-16-7-6-10-11(15)2-1-3-12(10)16/h1-7H,8,15H2. The Morgan fingerprint density at radius 1 is 1.18 bits per heavy atom. The second-order valence-electron chi connectivity index (χ2n) is 3.93. The molecule has 2 N–H and O–H groups in total. The van der Waals surface area contributed by atoms with Crippen LogP contribution in [0, 0.1) is 0 Å². The zero-order valence-electron chi connectivity index (χ0n) is 9.06. The molecule has 1 aromatic carbocycles. The van der Waals surface area contributed by atoms with Gasteiger partial charge in [-0.25, -0.2) is 0 Å². The van der Waals surface area contributed by atoms with E-state index in [-0.39, 0.29) is 0 Å². The van der Waals surface area contributed by atoms with Gasteiger partial charge in [0.2, 0.25) is 0 Å². The number of anilines is 1. The Bertz CT molecular complexity index is 669. The predicted octanol–water partition coefficient (Wildman–Crippen LogP) is 3.99. The van der Waals surface area contributed by atoms with Gasteiger partial charge in [0.15, 0.2) is 0 Å². The summed E-state index contributed by atoms with van der Waals surface area (Å²) in [5, 5.41) is 1.11. The molecule has 0 aliphatic heterocycles. The minimum absolute atomic E-state index is 0.825. The molecule has 0 amide bonds. The van der Waals surface area contributed by atoms with E-state index in [9.17, 15) is 0 Å². The van der Waals surface area contributed by atoms with Crippen molar-refractivity contribution in [1.82, 2.24) is 4.57 Å². The summed E-state index contributed by atoms with van der Waals surface area (Å²) in [5.74, 6) is 0. The fraction of sp³-hybridized carbons (Fsp3) is 0.0769. The predicted molar refractivity (Wildman–Crippen MR) is 74.8 cm³/mol. The largest absolute Gasteiger partial charge is 0.398 e. The minimum atomic E-state index is 0.825. The van der Waals surface area contributed by atoms with E-state index < -0.39 is 0 Å². The highest BCUT2D eigenvalue weighted by atomic mass is 35.5. The highest BCUT2D eigenvalue weighted by Gasteiger charge is 2.05. The second-order valence-corrected chi connectivity index (χ2v) is 5.73. The minimum Gasteiger partial charge on any atom is -0.398 e. The normalized spacial score (nSPS) is 11.1. The molecule has 4 heteroatoms. The fourth-order valence-electron chi connectivity index (χ4n) is 1.99. The van der Waals surface area contributed by atoms with Crippen LogP contribution in [0.3, 0.4) is 0 Å². The monoisotopic (exact) mass is 262 g/mol. The Balaban J connectivity index is 2.04. The number of nitrogens with zero attached hydrogens (tertiary/aromatic N) is 1. The first-order valence-corrected chi connectivity index (χ1v) is 6.51. The lowest BCUT2D eigenvalue weighted by Crippen LogP contribution is -1.95. The van der Waals surface area contributed by atoms with Crippen LogP contribution in [0.4, 0.5) is 5.69 Å². The molecule has 0 bridgehead atoms. The van der Waals surface area contributed by atoms with Gasteiger partial charge in [0.1, 0.15) is 0 Å². The average molecular weight is 263 g/mol. The number of halogens is 1. The third-order valence-electron chi connectivity index (χ3n) is 2.80. The fourth-order valence-corrected chi connectivity index (χ4v) is 3.08. The van der Waals surface area contributed by atoms with E-state index in [0.717, 1.165) is 27.5 Å². The molecule has 0 aliphatic rings. The first-order chi connectivity index (χ1) is 8.24. The van der Waals surface area contributed by atoms with Crippen LogP contribution in [-0.2, 0) is 6.54 Å². The summed E-state index contributed by atoms with van der Waals surface area (Å²) in [6, 6.07) is 12.0. The van der Waals surface area contributed by atoms with E-state index in [1.54, 1.807) is 11.3 Å². The van der Waals surface area contributed by atoms with Gasteiger partial charge in [0.25, 0.3) is 0 Å². The maximum Gasteiger partial charge on any atom is 0.0931 e. The quantitative estimate of drug-likeness (QED) is 0.696. The van der Waals surface area contributed by atoms with Gasteiger partial charge < -0.3 is 10.3 Å². The molecule has 0 aliphatic carbocycles. The van der Waals surface area contributed by atoms with Crippen molar-refractivity contribution in [2.45, 2.75) is 6.54 Å². The summed E-state index contributed by atoms with van der Waals surface area (Å²) in [6.07, 6.45) is 2.06. The Morgan fingerprint density at radius 2 is 2.06 bits per heavy atom. The summed E-state index contributed by atoms with van der Waals surface area (Å²) in [6.45, 7) is 0.838. The molecule has 2 heterocycles. The third kappa shape index (κ3) is 1.92. The van der Waals surface area contributed by atoms with Crippen molar-refractivity contribution in [3.63, 3.8) is 0 Å². The number of nitrogen functional groups attached to an aromatic ring is 1. The molecular weight excluding hydrogens is 252 g/mol. The smallest absolute Gasteiger partial charge is 0.0931 e. The molecule has 17 heavy (non-hydrogen) atoms. The molecule has 0 spiro atoms. The van der Waals surface area contributed by atoms with Gasteiger partial charge >= 0.3 is 0 Å². The Labute approximate surface area is 108 Å². The van der Waals surface area contributed by atoms with Crippen molar-refractivity contribution < 1.29 is 0 Å². The van der Waals surface area contributed by atoms with Gasteiger partial charge in [-0.1, -0.05) is 17.7 Å². The number of hydrogen-bond donors (Lipinski definition) is 1. The number of aromatic nitrogens is 1. The van der Waals surface area contributed by atoms with Gasteiger partial charge in [-0.3, -0.25) is 0 Å². The van der Waals surface area contributed by atoms with Gasteiger partial charge in [0.05, 0.1) is 16.4 Å². The van der Waals surface area contributed by atoms with E-state index >= 15 is 0 Å². The van der Waals surface area contributed by atoms with Crippen molar-refractivity contribution in [3.8, 4) is 0 Å². The maximum atomic E-state index is 5.94. The Morgan fingerprint density at radius 3 is 2.82 bits per heavy atom. The van der Waals surface area contributed by atoms with Crippen molar-refractivity contribution in [2.24, 2.45) is 0 Å². The SMILES string of the molecule is Nc1cccc2c1ccn2Cc1ccc(Cl)s1. The summed E-state index contributed by atoms with van der Waals surface area (Å²) >= 11 is 7.55. The number of fused-ring (bicyclic) bond motifs is 1. The summed E-state index contributed by atoms with van der Waals surface area (Å²) < 4.78 is 3.02. The van der Waals surface area contributed by atoms with E-state index in [0.29, 0.717) is 0 Å². The number of nitrogens with two attached hydrogens (primary N) is 1. The number of hydrogen-bond acceptors (Lipinski definition) is 2. The van der Waals surface area contributed by atoms with Crippen LogP contribution in [0.5, 0.6) is 0 Å². The van der Waals surface area contributed by atoms with Crippen LogP contribution < -0.4 is 5.73 Å². The number of benzene rings is 1. The topological polar surface area (TPSA) is 30.9 Å². The average Bonchev–Trinajstić information content (AvgIpc) is 2.88. The molecule has 0 saturated heterocycles. The van der Waals surface area contributed by atoms with Crippen molar-refractivity contribution >= 4 is 39.5 Å². The second kappa shape index (κ2) is 4.09. The summed E-state index contributed by atoms with van der Waals surface area (Å²) in [7, 11) is 0. The first-order valence-electron chi connectivity index (χ1n) is 5.31. The van der Waals surface area contributed by atoms with Gasteiger partial charge in [-0.05, 0) is 30.3 Å². The van der Waals surface area contributed by atoms with Crippen LogP contribution >= 0.6 is 22.9 Å². The lowest BCUT2D eigenvalue weighted by molar-refractivity contribution is 0.852. The zero-order chi connectivity index (χ0) is 11.8. The van der Waals surface area contributed by atoms with Crippen LogP contribution in [0.1, 0.15) is 4.88 Å². The summed E-state index contributed by atoms with van der Waals surface area (Å²) in [4.78, 5) is 1.25. The van der Waals surface area contributed by atoms with Gasteiger partial charge in [-0.15, -0.1) is 11.3 Å². The Kier molecular flexibility index (Phi) is 2.57. The molecule has 86 valence electrons. The molecule has 2 nitrogen and oxygen atoms in total. The van der Waals surface area contributed by atoms with Crippen LogP contribution in [0.25, 0.3) is 10.9 Å². The third-order valence-corrected chi connectivity index (χ3v) is 4.02. The molecule has 0 unspecified atom stereocenters. The van der Waals surface area contributed by atoms with Crippen LogP contribution in [0.2, 0.25) is 4.34 Å². The van der Waals surface area contributed by atoms with E-state index in [1.165, 1.54) is 4.88 Å². The molecule has 3 rings (SSSR count).